The second-order valence-corrected chi connectivity index (χ2v) is 16.5. The zero-order valence-corrected chi connectivity index (χ0v) is 31.4. The summed E-state index contributed by atoms with van der Waals surface area (Å²) >= 11 is 0. The lowest BCUT2D eigenvalue weighted by Crippen LogP contribution is -2.58. The maximum atomic E-state index is 15.7. The van der Waals surface area contributed by atoms with Crippen LogP contribution in [0, 0.1) is 18.6 Å². The Morgan fingerprint density at radius 3 is 2.43 bits per heavy atom. The Bertz CT molecular complexity index is 2170. The minimum Gasteiger partial charge on any atom is -0.341 e. The second kappa shape index (κ2) is 13.0. The summed E-state index contributed by atoms with van der Waals surface area (Å²) in [6.07, 6.45) is 6.13. The molecule has 0 radical (unpaired) electrons. The van der Waals surface area contributed by atoms with E-state index in [0.717, 1.165) is 31.1 Å². The van der Waals surface area contributed by atoms with E-state index in [2.05, 4.69) is 27.4 Å². The molecule has 2 saturated carbocycles. The number of benzene rings is 1. The topological polar surface area (TPSA) is 108 Å². The van der Waals surface area contributed by atoms with Gasteiger partial charge in [0.25, 0.3) is 12.3 Å². The first-order valence-corrected chi connectivity index (χ1v) is 19.0. The van der Waals surface area contributed by atoms with Crippen LogP contribution in [0.1, 0.15) is 107 Å². The molecule has 10 nitrogen and oxygen atoms in total. The van der Waals surface area contributed by atoms with Gasteiger partial charge in [0.2, 0.25) is 5.91 Å². The molecule has 54 heavy (non-hydrogen) atoms. The van der Waals surface area contributed by atoms with Crippen LogP contribution in [0.25, 0.3) is 22.3 Å². The predicted octanol–water partition coefficient (Wildman–Crippen LogP) is 7.96. The van der Waals surface area contributed by atoms with Crippen LogP contribution >= 0.6 is 0 Å². The van der Waals surface area contributed by atoms with Gasteiger partial charge in [0.1, 0.15) is 11.1 Å². The smallest absolute Gasteiger partial charge is 0.261 e. The molecule has 3 aromatic heterocycles. The number of hydrogen-bond acceptors (Lipinski definition) is 7. The quantitative estimate of drug-likeness (QED) is 0.167. The summed E-state index contributed by atoms with van der Waals surface area (Å²) in [4.78, 5) is 46.0. The molecule has 0 bridgehead atoms. The number of alkyl halides is 2. The van der Waals surface area contributed by atoms with Crippen LogP contribution in [-0.4, -0.2) is 72.9 Å². The van der Waals surface area contributed by atoms with Gasteiger partial charge in [-0.05, 0) is 105 Å². The number of carbonyl (C=O) groups is 2. The fourth-order valence-corrected chi connectivity index (χ4v) is 8.52. The third-order valence-electron chi connectivity index (χ3n) is 12.2. The Morgan fingerprint density at radius 1 is 1.02 bits per heavy atom. The summed E-state index contributed by atoms with van der Waals surface area (Å²) in [5.41, 5.74) is 0.0486. The molecule has 2 aliphatic carbocycles. The lowest BCUT2D eigenvalue weighted by atomic mass is 9.81. The van der Waals surface area contributed by atoms with Crippen molar-refractivity contribution >= 4 is 40.0 Å². The monoisotopic (exact) mass is 746 g/mol. The van der Waals surface area contributed by atoms with Crippen molar-refractivity contribution in [3.8, 4) is 11.3 Å². The lowest BCUT2D eigenvalue weighted by Gasteiger charge is -2.50. The lowest BCUT2D eigenvalue weighted by molar-refractivity contribution is -0.123. The maximum Gasteiger partial charge on any atom is 0.261 e. The highest BCUT2D eigenvalue weighted by Crippen LogP contribution is 2.47. The molecule has 1 aromatic carbocycles. The standard InChI is InChI=1S/C40H46F4N8O2/c1-20(2)51-19-46-29-17-27(47-35(33(29)51)48-28-16-26(22(4)31(41)32(28)42)36(53)49-40(10-11-40)37(43)44)23-13-30-34(45-18-23)39(5,6)38(54)52(30)25-14-24(15-25)50-12-8-7-9-21(50)3/h13,16-21,24-25,37H,7-12,14-15H2,1-6H3,(H,47,48)(H,49,53)/t21-,24-,25+/m0/s1. The molecular formula is C40H46F4N8O2. The molecule has 5 heterocycles. The number of nitrogens with zero attached hydrogens (tertiary/aromatic N) is 6. The molecule has 2 aliphatic heterocycles. The summed E-state index contributed by atoms with van der Waals surface area (Å²) < 4.78 is 60.3. The first-order valence-electron chi connectivity index (χ1n) is 19.0. The van der Waals surface area contributed by atoms with Crippen LogP contribution in [0.15, 0.2) is 30.7 Å². The van der Waals surface area contributed by atoms with Gasteiger partial charge in [-0.2, -0.15) is 0 Å². The Labute approximate surface area is 311 Å². The number of rotatable bonds is 9. The number of piperidine rings is 1. The molecule has 8 rings (SSSR count). The van der Waals surface area contributed by atoms with Gasteiger partial charge in [-0.1, -0.05) is 6.42 Å². The van der Waals surface area contributed by atoms with E-state index in [1.54, 1.807) is 18.6 Å². The normalized spacial score (nSPS) is 23.2. The van der Waals surface area contributed by atoms with E-state index in [1.807, 2.05) is 43.2 Å². The molecule has 2 N–H and O–H groups in total. The molecule has 14 heteroatoms. The first-order chi connectivity index (χ1) is 25.6. The Morgan fingerprint density at radius 2 is 1.76 bits per heavy atom. The number of fused-ring (bicyclic) bond motifs is 2. The van der Waals surface area contributed by atoms with Crippen molar-refractivity contribution in [3.63, 3.8) is 0 Å². The zero-order valence-electron chi connectivity index (χ0n) is 31.4. The van der Waals surface area contributed by atoms with Crippen molar-refractivity contribution < 1.29 is 27.2 Å². The molecule has 0 spiro atoms. The van der Waals surface area contributed by atoms with Gasteiger partial charge >= 0.3 is 0 Å². The maximum absolute atomic E-state index is 15.7. The summed E-state index contributed by atoms with van der Waals surface area (Å²) in [5.74, 6) is -3.29. The van der Waals surface area contributed by atoms with Gasteiger partial charge in [0, 0.05) is 47.1 Å². The molecule has 1 atom stereocenters. The third kappa shape index (κ3) is 5.82. The van der Waals surface area contributed by atoms with Gasteiger partial charge in [-0.15, -0.1) is 0 Å². The molecule has 4 aromatic rings. The fourth-order valence-electron chi connectivity index (χ4n) is 8.52. The van der Waals surface area contributed by atoms with Crippen LogP contribution in [0.2, 0.25) is 0 Å². The van der Waals surface area contributed by atoms with Crippen molar-refractivity contribution in [2.24, 2.45) is 0 Å². The molecular weight excluding hydrogens is 700 g/mol. The number of imidazole rings is 1. The van der Waals surface area contributed by atoms with E-state index in [4.69, 9.17) is 9.97 Å². The third-order valence-corrected chi connectivity index (χ3v) is 12.2. The molecule has 3 fully saturated rings. The van der Waals surface area contributed by atoms with Crippen molar-refractivity contribution in [3.05, 3.63) is 59.2 Å². The Balaban J connectivity index is 1.16. The van der Waals surface area contributed by atoms with Gasteiger partial charge in [0.05, 0.1) is 40.0 Å². The minimum atomic E-state index is -2.79. The summed E-state index contributed by atoms with van der Waals surface area (Å²) in [6, 6.07) is 5.77. The molecule has 286 valence electrons. The van der Waals surface area contributed by atoms with E-state index >= 15 is 8.78 Å². The van der Waals surface area contributed by atoms with Crippen LogP contribution < -0.4 is 15.5 Å². The zero-order chi connectivity index (χ0) is 38.4. The van der Waals surface area contributed by atoms with E-state index in [9.17, 15) is 18.4 Å². The van der Waals surface area contributed by atoms with E-state index in [-0.39, 0.29) is 53.5 Å². The number of nitrogens with one attached hydrogen (secondary N) is 2. The summed E-state index contributed by atoms with van der Waals surface area (Å²) in [5, 5.41) is 5.26. The van der Waals surface area contributed by atoms with Crippen molar-refractivity contribution in [1.29, 1.82) is 0 Å². The van der Waals surface area contributed by atoms with E-state index in [0.29, 0.717) is 40.1 Å². The number of amides is 2. The second-order valence-electron chi connectivity index (χ2n) is 16.5. The fraction of sp³-hybridized carbons (Fsp3) is 0.525. The molecule has 0 unspecified atom stereocenters. The van der Waals surface area contributed by atoms with E-state index < -0.39 is 34.9 Å². The Hall–Kier alpha value is -4.59. The van der Waals surface area contributed by atoms with Crippen molar-refractivity contribution in [1.82, 2.24) is 29.7 Å². The summed E-state index contributed by atoms with van der Waals surface area (Å²) in [7, 11) is 0. The summed E-state index contributed by atoms with van der Waals surface area (Å²) in [6.45, 7) is 12.3. The number of aromatic nitrogens is 4. The molecule has 4 aliphatic rings. The number of halogens is 4. The SMILES string of the molecule is Cc1c(C(=O)NC2(C(F)F)CC2)cc(Nc2nc(-c3cnc4c(c3)N([C@H]3C[C@@H](N5CCCC[C@@H]5C)C3)C(=O)C4(C)C)cc3ncn(C(C)C)c23)c(F)c1F. The molecule has 1 saturated heterocycles. The Kier molecular flexibility index (Phi) is 8.78. The average molecular weight is 747 g/mol. The number of likely N-dealkylation sites (tertiary alicyclic amines) is 1. The van der Waals surface area contributed by atoms with Crippen LogP contribution in [0.4, 0.5) is 34.8 Å². The number of hydrogen-bond donors (Lipinski definition) is 2. The van der Waals surface area contributed by atoms with Gasteiger partial charge in [0.15, 0.2) is 17.5 Å². The number of pyridine rings is 2. The van der Waals surface area contributed by atoms with Crippen molar-refractivity contribution in [2.75, 3.05) is 16.8 Å². The largest absolute Gasteiger partial charge is 0.341 e. The van der Waals surface area contributed by atoms with Gasteiger partial charge in [-0.3, -0.25) is 19.5 Å². The van der Waals surface area contributed by atoms with Crippen molar-refractivity contribution in [2.45, 2.75) is 128 Å². The minimum absolute atomic E-state index is 0.0107. The number of carbonyl (C=O) groups excluding carboxylic acids is 2. The first kappa shape index (κ1) is 36.4. The predicted molar refractivity (Wildman–Crippen MR) is 198 cm³/mol. The highest BCUT2D eigenvalue weighted by Gasteiger charge is 2.53. The highest BCUT2D eigenvalue weighted by atomic mass is 19.3. The van der Waals surface area contributed by atoms with Gasteiger partial charge in [-0.25, -0.2) is 27.5 Å². The van der Waals surface area contributed by atoms with Crippen LogP contribution in [0.3, 0.4) is 0 Å². The average Bonchev–Trinajstić information content (AvgIpc) is 3.72. The molecule has 2 amide bonds. The van der Waals surface area contributed by atoms with Gasteiger partial charge < -0.3 is 20.1 Å². The van der Waals surface area contributed by atoms with Crippen LogP contribution in [-0.2, 0) is 10.2 Å². The number of anilines is 3. The highest BCUT2D eigenvalue weighted by molar-refractivity contribution is 6.08. The van der Waals surface area contributed by atoms with E-state index in [1.165, 1.54) is 26.2 Å². The van der Waals surface area contributed by atoms with Crippen LogP contribution in [0.5, 0.6) is 0 Å².